The fourth-order valence-electron chi connectivity index (χ4n) is 2.06. The van der Waals surface area contributed by atoms with E-state index in [0.717, 1.165) is 19.4 Å². The lowest BCUT2D eigenvalue weighted by molar-refractivity contribution is -0.120. The Labute approximate surface area is 113 Å². The molecule has 17 heavy (non-hydrogen) atoms. The molecule has 1 fully saturated rings. The number of nitrogens with one attached hydrogen (secondary N) is 1. The van der Waals surface area contributed by atoms with Gasteiger partial charge in [-0.2, -0.15) is 0 Å². The Morgan fingerprint density at radius 2 is 2.12 bits per heavy atom. The molecule has 1 N–H and O–H groups in total. The molecule has 1 unspecified atom stereocenters. The first kappa shape index (κ1) is 15.0. The largest absolute Gasteiger partial charge is 0.378 e. The van der Waals surface area contributed by atoms with Crippen LogP contribution in [0.4, 0.5) is 0 Å². The maximum atomic E-state index is 11.4. The van der Waals surface area contributed by atoms with Crippen molar-refractivity contribution in [1.82, 2.24) is 5.32 Å². The van der Waals surface area contributed by atoms with E-state index < -0.39 is 0 Å². The third-order valence-corrected chi connectivity index (χ3v) is 4.23. The molecule has 0 aromatic rings. The molecule has 100 valence electrons. The highest BCUT2D eigenvalue weighted by Gasteiger charge is 2.13. The van der Waals surface area contributed by atoms with E-state index in [1.54, 1.807) is 0 Å². The molecule has 1 rings (SSSR count). The number of hydrogen-bond acceptors (Lipinski definition) is 2. The first-order chi connectivity index (χ1) is 8.24. The van der Waals surface area contributed by atoms with E-state index in [0.29, 0.717) is 12.6 Å². The molecule has 0 saturated heterocycles. The summed E-state index contributed by atoms with van der Waals surface area (Å²) in [7, 11) is 0. The van der Waals surface area contributed by atoms with Crippen molar-refractivity contribution in [3.05, 3.63) is 0 Å². The normalized spacial score (nSPS) is 18.9. The van der Waals surface area contributed by atoms with Gasteiger partial charge in [-0.1, -0.05) is 42.1 Å². The summed E-state index contributed by atoms with van der Waals surface area (Å²) in [5.41, 5.74) is 0. The summed E-state index contributed by atoms with van der Waals surface area (Å²) in [6, 6.07) is 0. The Balaban J connectivity index is 1.95. The average Bonchev–Trinajstić information content (AvgIpc) is 2.38. The second kappa shape index (κ2) is 8.92. The van der Waals surface area contributed by atoms with Crippen LogP contribution in [0.5, 0.6) is 0 Å². The quantitative estimate of drug-likeness (QED) is 0.580. The van der Waals surface area contributed by atoms with Gasteiger partial charge in [-0.05, 0) is 25.7 Å². The summed E-state index contributed by atoms with van der Waals surface area (Å²) in [6.45, 7) is 3.48. The van der Waals surface area contributed by atoms with Crippen molar-refractivity contribution in [1.29, 1.82) is 0 Å². The van der Waals surface area contributed by atoms with Crippen LogP contribution in [0.2, 0.25) is 0 Å². The molecular weight excluding hydrogens is 282 g/mol. The third-order valence-electron chi connectivity index (χ3n) is 3.17. The van der Waals surface area contributed by atoms with Crippen LogP contribution >= 0.6 is 15.9 Å². The average molecular weight is 306 g/mol. The lowest BCUT2D eigenvalue weighted by atomic mass is 9.98. The SMILES string of the molecule is CCC(Br)C(=O)NCCCOC1CCCCC1. The zero-order chi connectivity index (χ0) is 12.5. The number of amides is 1. The summed E-state index contributed by atoms with van der Waals surface area (Å²) < 4.78 is 5.79. The van der Waals surface area contributed by atoms with Gasteiger partial charge in [0, 0.05) is 13.2 Å². The van der Waals surface area contributed by atoms with Crippen LogP contribution in [0.25, 0.3) is 0 Å². The van der Waals surface area contributed by atoms with Crippen LogP contribution in [-0.4, -0.2) is 30.0 Å². The minimum atomic E-state index is -0.0539. The van der Waals surface area contributed by atoms with E-state index in [4.69, 9.17) is 4.74 Å². The fraction of sp³-hybridized carbons (Fsp3) is 0.923. The monoisotopic (exact) mass is 305 g/mol. The number of rotatable bonds is 7. The number of halogens is 1. The standard InChI is InChI=1S/C13H24BrNO2/c1-2-12(14)13(16)15-9-6-10-17-11-7-4-3-5-8-11/h11-12H,2-10H2,1H3,(H,15,16). The number of carbonyl (C=O) groups excluding carboxylic acids is 1. The molecule has 1 atom stereocenters. The Kier molecular flexibility index (Phi) is 7.86. The van der Waals surface area contributed by atoms with Crippen LogP contribution in [0.3, 0.4) is 0 Å². The smallest absolute Gasteiger partial charge is 0.233 e. The second-order valence-electron chi connectivity index (χ2n) is 4.65. The summed E-state index contributed by atoms with van der Waals surface area (Å²) >= 11 is 3.33. The number of ether oxygens (including phenoxy) is 1. The van der Waals surface area contributed by atoms with E-state index in [1.165, 1.54) is 32.1 Å². The van der Waals surface area contributed by atoms with Gasteiger partial charge in [-0.15, -0.1) is 0 Å². The summed E-state index contributed by atoms with van der Waals surface area (Å²) in [4.78, 5) is 11.4. The number of alkyl halides is 1. The Hall–Kier alpha value is -0.0900. The first-order valence-electron chi connectivity index (χ1n) is 6.77. The second-order valence-corrected chi connectivity index (χ2v) is 5.76. The van der Waals surface area contributed by atoms with Crippen molar-refractivity contribution >= 4 is 21.8 Å². The molecule has 4 heteroatoms. The molecule has 1 aliphatic carbocycles. The summed E-state index contributed by atoms with van der Waals surface area (Å²) in [6.07, 6.45) is 8.61. The van der Waals surface area contributed by atoms with Gasteiger partial charge in [0.15, 0.2) is 0 Å². The van der Waals surface area contributed by atoms with Crippen molar-refractivity contribution in [2.45, 2.75) is 62.8 Å². The van der Waals surface area contributed by atoms with Crippen LogP contribution in [0, 0.1) is 0 Å². The summed E-state index contributed by atoms with van der Waals surface area (Å²) in [5, 5.41) is 2.91. The highest BCUT2D eigenvalue weighted by atomic mass is 79.9. The lowest BCUT2D eigenvalue weighted by Gasteiger charge is -2.22. The molecule has 0 bridgehead atoms. The predicted octanol–water partition coefficient (Wildman–Crippen LogP) is 3.02. The Morgan fingerprint density at radius 1 is 1.41 bits per heavy atom. The van der Waals surface area contributed by atoms with E-state index in [9.17, 15) is 4.79 Å². The molecule has 0 radical (unpaired) electrons. The number of hydrogen-bond donors (Lipinski definition) is 1. The molecule has 0 heterocycles. The minimum absolute atomic E-state index is 0.0539. The van der Waals surface area contributed by atoms with E-state index in [-0.39, 0.29) is 10.7 Å². The van der Waals surface area contributed by atoms with Gasteiger partial charge in [0.2, 0.25) is 5.91 Å². The van der Waals surface area contributed by atoms with Crippen molar-refractivity contribution in [3.63, 3.8) is 0 Å². The van der Waals surface area contributed by atoms with Crippen LogP contribution in [-0.2, 0) is 9.53 Å². The topological polar surface area (TPSA) is 38.3 Å². The van der Waals surface area contributed by atoms with Gasteiger partial charge in [0.05, 0.1) is 10.9 Å². The van der Waals surface area contributed by atoms with Crippen molar-refractivity contribution in [2.24, 2.45) is 0 Å². The Morgan fingerprint density at radius 3 is 2.76 bits per heavy atom. The van der Waals surface area contributed by atoms with Crippen molar-refractivity contribution in [3.8, 4) is 0 Å². The van der Waals surface area contributed by atoms with Gasteiger partial charge >= 0.3 is 0 Å². The van der Waals surface area contributed by atoms with Gasteiger partial charge in [0.1, 0.15) is 0 Å². The molecule has 0 aromatic carbocycles. The van der Waals surface area contributed by atoms with Crippen LogP contribution in [0.1, 0.15) is 51.9 Å². The highest BCUT2D eigenvalue weighted by molar-refractivity contribution is 9.10. The van der Waals surface area contributed by atoms with Crippen molar-refractivity contribution < 1.29 is 9.53 Å². The Bertz CT molecular complexity index is 217. The first-order valence-corrected chi connectivity index (χ1v) is 7.69. The zero-order valence-electron chi connectivity index (χ0n) is 10.7. The predicted molar refractivity (Wildman–Crippen MR) is 73.5 cm³/mol. The third kappa shape index (κ3) is 6.41. The van der Waals surface area contributed by atoms with E-state index in [2.05, 4.69) is 21.2 Å². The molecule has 1 saturated carbocycles. The van der Waals surface area contributed by atoms with E-state index in [1.807, 2.05) is 6.92 Å². The van der Waals surface area contributed by atoms with E-state index >= 15 is 0 Å². The number of carbonyl (C=O) groups is 1. The minimum Gasteiger partial charge on any atom is -0.378 e. The maximum absolute atomic E-state index is 11.4. The molecule has 1 amide bonds. The maximum Gasteiger partial charge on any atom is 0.233 e. The summed E-state index contributed by atoms with van der Waals surface area (Å²) in [5.74, 6) is 0.0881. The van der Waals surface area contributed by atoms with Gasteiger partial charge in [-0.25, -0.2) is 0 Å². The molecule has 0 aliphatic heterocycles. The molecule has 1 aliphatic rings. The van der Waals surface area contributed by atoms with Crippen LogP contribution < -0.4 is 5.32 Å². The molecule has 0 spiro atoms. The lowest BCUT2D eigenvalue weighted by Crippen LogP contribution is -2.32. The highest BCUT2D eigenvalue weighted by Crippen LogP contribution is 2.20. The van der Waals surface area contributed by atoms with Gasteiger partial charge < -0.3 is 10.1 Å². The molecule has 3 nitrogen and oxygen atoms in total. The fourth-order valence-corrected chi connectivity index (χ4v) is 2.22. The molecular formula is C13H24BrNO2. The zero-order valence-corrected chi connectivity index (χ0v) is 12.3. The van der Waals surface area contributed by atoms with Gasteiger partial charge in [-0.3, -0.25) is 4.79 Å². The van der Waals surface area contributed by atoms with Gasteiger partial charge in [0.25, 0.3) is 0 Å². The van der Waals surface area contributed by atoms with Crippen molar-refractivity contribution in [2.75, 3.05) is 13.2 Å². The molecule has 0 aromatic heterocycles. The van der Waals surface area contributed by atoms with Crippen LogP contribution in [0.15, 0.2) is 0 Å².